The van der Waals surface area contributed by atoms with E-state index in [0.29, 0.717) is 34.4 Å². The van der Waals surface area contributed by atoms with E-state index in [0.717, 1.165) is 12.1 Å². The molecule has 3 rings (SSSR count). The van der Waals surface area contributed by atoms with Gasteiger partial charge in [-0.3, -0.25) is 4.79 Å². The van der Waals surface area contributed by atoms with Gasteiger partial charge >= 0.3 is 6.09 Å². The van der Waals surface area contributed by atoms with Gasteiger partial charge < -0.3 is 24.1 Å². The molecule has 1 amide bonds. The van der Waals surface area contributed by atoms with Crippen LogP contribution in [0.4, 0.5) is 13.6 Å². The molecule has 0 radical (unpaired) electrons. The molecule has 158 valence electrons. The third-order valence-electron chi connectivity index (χ3n) is 4.52. The molecule has 30 heavy (non-hydrogen) atoms. The summed E-state index contributed by atoms with van der Waals surface area (Å²) in [4.78, 5) is 25.0. The van der Waals surface area contributed by atoms with E-state index in [1.807, 2.05) is 0 Å². The summed E-state index contributed by atoms with van der Waals surface area (Å²) in [7, 11) is 2.90. The highest BCUT2D eigenvalue weighted by Gasteiger charge is 2.17. The highest BCUT2D eigenvalue weighted by atomic mass is 19.2. The minimum atomic E-state index is -1.01. The second kappa shape index (κ2) is 8.81. The number of nitrogens with one attached hydrogen (secondary N) is 1. The van der Waals surface area contributed by atoms with Crippen LogP contribution in [0.25, 0.3) is 10.8 Å². The first-order chi connectivity index (χ1) is 14.4. The first-order valence-corrected chi connectivity index (χ1v) is 9.06. The topological polar surface area (TPSA) is 78.8 Å². The van der Waals surface area contributed by atoms with Crippen LogP contribution >= 0.6 is 0 Å². The number of carbonyl (C=O) groups excluding carboxylic acids is 1. The molecule has 0 aliphatic heterocycles. The molecule has 0 aliphatic rings. The van der Waals surface area contributed by atoms with Gasteiger partial charge in [0.05, 0.1) is 25.8 Å². The van der Waals surface area contributed by atoms with Crippen molar-refractivity contribution in [1.29, 1.82) is 0 Å². The van der Waals surface area contributed by atoms with E-state index < -0.39 is 17.7 Å². The molecule has 0 fully saturated rings. The van der Waals surface area contributed by atoms with Crippen LogP contribution in [0.15, 0.2) is 41.3 Å². The number of carbonyl (C=O) groups is 1. The zero-order chi connectivity index (χ0) is 21.8. The third kappa shape index (κ3) is 4.19. The maximum absolute atomic E-state index is 13.3. The third-order valence-corrected chi connectivity index (χ3v) is 4.52. The van der Waals surface area contributed by atoms with Crippen molar-refractivity contribution in [2.75, 3.05) is 14.2 Å². The molecular weight excluding hydrogens is 398 g/mol. The van der Waals surface area contributed by atoms with Crippen molar-refractivity contribution < 1.29 is 27.8 Å². The molecule has 0 aliphatic carbocycles. The second-order valence-electron chi connectivity index (χ2n) is 6.33. The number of hydrogen-bond acceptors (Lipinski definition) is 5. The molecule has 0 saturated carbocycles. The first-order valence-electron chi connectivity index (χ1n) is 9.06. The van der Waals surface area contributed by atoms with Gasteiger partial charge in [-0.1, -0.05) is 6.07 Å². The van der Waals surface area contributed by atoms with Crippen LogP contribution < -0.4 is 25.1 Å². The van der Waals surface area contributed by atoms with Gasteiger partial charge in [-0.05, 0) is 36.8 Å². The minimum Gasteiger partial charge on any atom is -0.493 e. The molecule has 0 atom stereocenters. The number of halogens is 2. The number of ether oxygens (including phenoxy) is 3. The molecule has 9 heteroatoms. The number of benzene rings is 2. The van der Waals surface area contributed by atoms with Crippen molar-refractivity contribution in [3.63, 3.8) is 0 Å². The fourth-order valence-electron chi connectivity index (χ4n) is 2.96. The number of amides is 1. The van der Waals surface area contributed by atoms with E-state index in [2.05, 4.69) is 5.32 Å². The molecule has 0 unspecified atom stereocenters. The van der Waals surface area contributed by atoms with Crippen LogP contribution in [-0.2, 0) is 13.1 Å². The van der Waals surface area contributed by atoms with Crippen LogP contribution in [0.3, 0.4) is 0 Å². The van der Waals surface area contributed by atoms with Crippen LogP contribution in [0.1, 0.15) is 12.5 Å². The summed E-state index contributed by atoms with van der Waals surface area (Å²) in [5.74, 6) is -1.12. The zero-order valence-corrected chi connectivity index (χ0v) is 16.6. The summed E-state index contributed by atoms with van der Waals surface area (Å²) in [5, 5.41) is 3.13. The maximum Gasteiger partial charge on any atom is 0.412 e. The summed E-state index contributed by atoms with van der Waals surface area (Å²) in [6, 6.07) is 6.38. The molecule has 1 N–H and O–H groups in total. The Morgan fingerprint density at radius 3 is 2.27 bits per heavy atom. The first kappa shape index (κ1) is 21.1. The molecule has 0 saturated heterocycles. The maximum atomic E-state index is 13.3. The lowest BCUT2D eigenvalue weighted by Gasteiger charge is -2.14. The monoisotopic (exact) mass is 418 g/mol. The number of hydrogen-bond donors (Lipinski definition) is 1. The van der Waals surface area contributed by atoms with Gasteiger partial charge in [0.2, 0.25) is 0 Å². The standard InChI is InChI=1S/C21H20F2N2O5/c1-4-25-11-19(13-8-17(28-2)18(29-3)9-14(13)20(25)26)30-21(27)24-10-12-5-6-15(22)16(23)7-12/h5-9,11H,4,10H2,1-3H3,(H,24,27). The molecule has 1 heterocycles. The summed E-state index contributed by atoms with van der Waals surface area (Å²) in [5.41, 5.74) is 0.0867. The lowest BCUT2D eigenvalue weighted by molar-refractivity contribution is 0.200. The van der Waals surface area contributed by atoms with Crippen molar-refractivity contribution in [2.24, 2.45) is 0 Å². The van der Waals surface area contributed by atoms with Crippen LogP contribution in [0.5, 0.6) is 17.2 Å². The predicted molar refractivity (Wildman–Crippen MR) is 106 cm³/mol. The van der Waals surface area contributed by atoms with Crippen molar-refractivity contribution in [3.8, 4) is 17.2 Å². The average Bonchev–Trinajstić information content (AvgIpc) is 2.75. The minimum absolute atomic E-state index is 0.0709. The largest absolute Gasteiger partial charge is 0.493 e. The molecular formula is C21H20F2N2O5. The van der Waals surface area contributed by atoms with E-state index in [4.69, 9.17) is 14.2 Å². The molecule has 3 aromatic rings. The van der Waals surface area contributed by atoms with Gasteiger partial charge in [-0.25, -0.2) is 13.6 Å². The summed E-state index contributed by atoms with van der Waals surface area (Å²) >= 11 is 0. The molecule has 2 aromatic carbocycles. The lowest BCUT2D eigenvalue weighted by atomic mass is 10.1. The van der Waals surface area contributed by atoms with Crippen LogP contribution in [0.2, 0.25) is 0 Å². The fourth-order valence-corrected chi connectivity index (χ4v) is 2.96. The van der Waals surface area contributed by atoms with Gasteiger partial charge in [0, 0.05) is 18.5 Å². The van der Waals surface area contributed by atoms with Gasteiger partial charge in [0.1, 0.15) is 0 Å². The van der Waals surface area contributed by atoms with Crippen molar-refractivity contribution >= 4 is 16.9 Å². The molecule has 0 spiro atoms. The number of aryl methyl sites for hydroxylation is 1. The highest BCUT2D eigenvalue weighted by molar-refractivity contribution is 5.92. The fraction of sp³-hybridized carbons (Fsp3) is 0.238. The summed E-state index contributed by atoms with van der Waals surface area (Å²) < 4.78 is 43.6. The number of rotatable bonds is 6. The number of fused-ring (bicyclic) bond motifs is 1. The van der Waals surface area contributed by atoms with Crippen molar-refractivity contribution in [2.45, 2.75) is 20.0 Å². The SMILES string of the molecule is CCn1cc(OC(=O)NCc2ccc(F)c(F)c2)c2cc(OC)c(OC)cc2c1=O. The lowest BCUT2D eigenvalue weighted by Crippen LogP contribution is -2.27. The smallest absolute Gasteiger partial charge is 0.412 e. The van der Waals surface area contributed by atoms with Gasteiger partial charge in [-0.15, -0.1) is 0 Å². The van der Waals surface area contributed by atoms with E-state index in [1.165, 1.54) is 37.1 Å². The zero-order valence-electron chi connectivity index (χ0n) is 16.6. The Morgan fingerprint density at radius 2 is 1.67 bits per heavy atom. The molecule has 0 bridgehead atoms. The Morgan fingerprint density at radius 1 is 1.00 bits per heavy atom. The average molecular weight is 418 g/mol. The summed E-state index contributed by atoms with van der Waals surface area (Å²) in [6.07, 6.45) is 0.602. The Bertz CT molecular complexity index is 1160. The number of aromatic nitrogens is 1. The van der Waals surface area contributed by atoms with Gasteiger partial charge in [0.15, 0.2) is 28.9 Å². The normalized spacial score (nSPS) is 10.7. The van der Waals surface area contributed by atoms with Crippen LogP contribution in [0, 0.1) is 11.6 Å². The van der Waals surface area contributed by atoms with E-state index in [1.54, 1.807) is 13.0 Å². The predicted octanol–water partition coefficient (Wildman–Crippen LogP) is 3.61. The Kier molecular flexibility index (Phi) is 6.20. The van der Waals surface area contributed by atoms with E-state index in [-0.39, 0.29) is 17.9 Å². The molecule has 7 nitrogen and oxygen atoms in total. The highest BCUT2D eigenvalue weighted by Crippen LogP contribution is 2.34. The van der Waals surface area contributed by atoms with E-state index in [9.17, 15) is 18.4 Å². The van der Waals surface area contributed by atoms with Crippen molar-refractivity contribution in [3.05, 3.63) is 64.1 Å². The second-order valence-corrected chi connectivity index (χ2v) is 6.33. The Balaban J connectivity index is 1.91. The quantitative estimate of drug-likeness (QED) is 0.662. The van der Waals surface area contributed by atoms with Crippen LogP contribution in [-0.4, -0.2) is 24.9 Å². The van der Waals surface area contributed by atoms with Gasteiger partial charge in [-0.2, -0.15) is 0 Å². The Hall–Kier alpha value is -3.62. The van der Waals surface area contributed by atoms with E-state index >= 15 is 0 Å². The summed E-state index contributed by atoms with van der Waals surface area (Å²) in [6.45, 7) is 2.06. The number of pyridine rings is 1. The molecule has 1 aromatic heterocycles. The van der Waals surface area contributed by atoms with Gasteiger partial charge in [0.25, 0.3) is 5.56 Å². The Labute approximate surface area is 170 Å². The number of nitrogens with zero attached hydrogens (tertiary/aromatic N) is 1. The van der Waals surface area contributed by atoms with Crippen molar-refractivity contribution in [1.82, 2.24) is 9.88 Å². The number of methoxy groups -OCH3 is 2.